The summed E-state index contributed by atoms with van der Waals surface area (Å²) in [4.78, 5) is 5.80. The summed E-state index contributed by atoms with van der Waals surface area (Å²) in [6.45, 7) is 0.601. The molecule has 5 heteroatoms. The lowest BCUT2D eigenvalue weighted by molar-refractivity contribution is 0.600. The van der Waals surface area contributed by atoms with Crippen molar-refractivity contribution in [1.29, 1.82) is 0 Å². The quantitative estimate of drug-likeness (QED) is 0.617. The van der Waals surface area contributed by atoms with Gasteiger partial charge in [0.25, 0.3) is 0 Å². The van der Waals surface area contributed by atoms with E-state index in [2.05, 4.69) is 10.3 Å². The third-order valence-corrected chi connectivity index (χ3v) is 2.52. The van der Waals surface area contributed by atoms with E-state index in [1.165, 1.54) is 0 Å². The zero-order valence-electron chi connectivity index (χ0n) is 8.12. The summed E-state index contributed by atoms with van der Waals surface area (Å²) in [6.07, 6.45) is 1.66. The molecule has 0 aliphatic heterocycles. The Morgan fingerprint density at radius 3 is 2.93 bits per heavy atom. The molecule has 1 aromatic rings. The van der Waals surface area contributed by atoms with E-state index in [4.69, 9.17) is 23.8 Å². The predicted octanol–water partition coefficient (Wildman–Crippen LogP) is 1.67. The molecular weight excluding hydrogens is 218 g/mol. The number of aromatic nitrogens is 1. The average molecular weight is 230 g/mol. The Kier molecular flexibility index (Phi) is 4.10. The molecule has 0 radical (unpaired) electrons. The highest BCUT2D eigenvalue weighted by atomic mass is 35.5. The molecule has 0 aliphatic rings. The van der Waals surface area contributed by atoms with Gasteiger partial charge in [-0.3, -0.25) is 0 Å². The van der Waals surface area contributed by atoms with Gasteiger partial charge in [0, 0.05) is 32.4 Å². The van der Waals surface area contributed by atoms with Crippen molar-refractivity contribution in [2.45, 2.75) is 6.54 Å². The van der Waals surface area contributed by atoms with Crippen LogP contribution in [0.3, 0.4) is 0 Å². The second kappa shape index (κ2) is 5.12. The maximum atomic E-state index is 5.88. The average Bonchev–Trinajstić information content (AvgIpc) is 2.16. The number of hydrogen-bond donors (Lipinski definition) is 1. The van der Waals surface area contributed by atoms with Crippen LogP contribution in [0.4, 0.5) is 0 Å². The molecule has 0 atom stereocenters. The second-order valence-electron chi connectivity index (χ2n) is 3.01. The van der Waals surface area contributed by atoms with E-state index in [9.17, 15) is 0 Å². The molecule has 0 saturated heterocycles. The number of halogens is 1. The standard InChI is InChI=1S/C9H12ClN3S/c1-13(2)9(14)12-6-7-4-3-5-11-8(7)10/h3-5H,6H2,1-2H3,(H,12,14). The van der Waals surface area contributed by atoms with Crippen LogP contribution in [0.25, 0.3) is 0 Å². The minimum Gasteiger partial charge on any atom is -0.358 e. The molecular formula is C9H12ClN3S. The monoisotopic (exact) mass is 229 g/mol. The van der Waals surface area contributed by atoms with Crippen molar-refractivity contribution in [3.05, 3.63) is 29.0 Å². The van der Waals surface area contributed by atoms with Gasteiger partial charge in [-0.15, -0.1) is 0 Å². The number of hydrogen-bond acceptors (Lipinski definition) is 2. The lowest BCUT2D eigenvalue weighted by atomic mass is 10.3. The first-order valence-corrected chi connectivity index (χ1v) is 4.94. The Morgan fingerprint density at radius 1 is 1.64 bits per heavy atom. The SMILES string of the molecule is CN(C)C(=S)NCc1cccnc1Cl. The molecule has 3 nitrogen and oxygen atoms in total. The molecule has 0 unspecified atom stereocenters. The fraction of sp³-hybridized carbons (Fsp3) is 0.333. The van der Waals surface area contributed by atoms with Crippen molar-refractivity contribution in [2.75, 3.05) is 14.1 Å². The highest BCUT2D eigenvalue weighted by molar-refractivity contribution is 7.80. The lowest BCUT2D eigenvalue weighted by Crippen LogP contribution is -2.33. The Bertz CT molecular complexity index is 328. The van der Waals surface area contributed by atoms with Crippen LogP contribution in [-0.4, -0.2) is 29.1 Å². The maximum absolute atomic E-state index is 5.88. The summed E-state index contributed by atoms with van der Waals surface area (Å²) in [6, 6.07) is 3.77. The molecule has 0 fully saturated rings. The number of pyridine rings is 1. The van der Waals surface area contributed by atoms with Gasteiger partial charge < -0.3 is 10.2 Å². The molecule has 0 aliphatic carbocycles. The zero-order chi connectivity index (χ0) is 10.6. The fourth-order valence-electron chi connectivity index (χ4n) is 0.880. The van der Waals surface area contributed by atoms with Crippen molar-refractivity contribution in [3.8, 4) is 0 Å². The number of nitrogens with one attached hydrogen (secondary N) is 1. The van der Waals surface area contributed by atoms with E-state index in [0.717, 1.165) is 5.56 Å². The van der Waals surface area contributed by atoms with Crippen molar-refractivity contribution in [3.63, 3.8) is 0 Å². The van der Waals surface area contributed by atoms with Crippen LogP contribution in [-0.2, 0) is 6.54 Å². The summed E-state index contributed by atoms with van der Waals surface area (Å²) in [5, 5.41) is 4.27. The number of nitrogens with zero attached hydrogens (tertiary/aromatic N) is 2. The van der Waals surface area contributed by atoms with E-state index >= 15 is 0 Å². The van der Waals surface area contributed by atoms with Gasteiger partial charge in [-0.1, -0.05) is 17.7 Å². The van der Waals surface area contributed by atoms with E-state index in [1.54, 1.807) is 6.20 Å². The smallest absolute Gasteiger partial charge is 0.168 e. The molecule has 76 valence electrons. The summed E-state index contributed by atoms with van der Waals surface area (Å²) in [5.41, 5.74) is 0.943. The maximum Gasteiger partial charge on any atom is 0.168 e. The predicted molar refractivity (Wildman–Crippen MR) is 62.4 cm³/mol. The van der Waals surface area contributed by atoms with Gasteiger partial charge >= 0.3 is 0 Å². The van der Waals surface area contributed by atoms with Crippen molar-refractivity contribution < 1.29 is 0 Å². The van der Waals surface area contributed by atoms with Gasteiger partial charge in [-0.05, 0) is 18.3 Å². The third-order valence-electron chi connectivity index (χ3n) is 1.67. The highest BCUT2D eigenvalue weighted by Crippen LogP contribution is 2.10. The Morgan fingerprint density at radius 2 is 2.36 bits per heavy atom. The molecule has 1 N–H and O–H groups in total. The van der Waals surface area contributed by atoms with E-state index in [1.807, 2.05) is 31.1 Å². The zero-order valence-corrected chi connectivity index (χ0v) is 9.69. The normalized spacial score (nSPS) is 9.64. The molecule has 1 heterocycles. The van der Waals surface area contributed by atoms with E-state index < -0.39 is 0 Å². The molecule has 1 rings (SSSR count). The molecule has 0 amide bonds. The largest absolute Gasteiger partial charge is 0.358 e. The Balaban J connectivity index is 2.54. The van der Waals surface area contributed by atoms with Crippen LogP contribution in [0.2, 0.25) is 5.15 Å². The van der Waals surface area contributed by atoms with Crippen LogP contribution in [0.15, 0.2) is 18.3 Å². The van der Waals surface area contributed by atoms with Crippen LogP contribution in [0.5, 0.6) is 0 Å². The fourth-order valence-corrected chi connectivity index (χ4v) is 1.14. The van der Waals surface area contributed by atoms with Gasteiger partial charge in [0.1, 0.15) is 5.15 Å². The molecule has 0 bridgehead atoms. The number of thiocarbonyl (C=S) groups is 1. The van der Waals surface area contributed by atoms with E-state index in [0.29, 0.717) is 16.8 Å². The van der Waals surface area contributed by atoms with Crippen LogP contribution in [0.1, 0.15) is 5.56 Å². The summed E-state index contributed by atoms with van der Waals surface area (Å²) in [7, 11) is 3.78. The summed E-state index contributed by atoms with van der Waals surface area (Å²) >= 11 is 11.0. The second-order valence-corrected chi connectivity index (χ2v) is 3.75. The Hall–Kier alpha value is -0.870. The first-order chi connectivity index (χ1) is 6.61. The summed E-state index contributed by atoms with van der Waals surface area (Å²) in [5.74, 6) is 0. The van der Waals surface area contributed by atoms with Gasteiger partial charge in [0.2, 0.25) is 0 Å². The van der Waals surface area contributed by atoms with E-state index in [-0.39, 0.29) is 0 Å². The topological polar surface area (TPSA) is 28.2 Å². The molecule has 0 spiro atoms. The van der Waals surface area contributed by atoms with Crippen molar-refractivity contribution >= 4 is 28.9 Å². The van der Waals surface area contributed by atoms with Gasteiger partial charge in [-0.2, -0.15) is 0 Å². The molecule has 1 aromatic heterocycles. The van der Waals surface area contributed by atoms with Crippen LogP contribution < -0.4 is 5.32 Å². The first kappa shape index (κ1) is 11.2. The molecule has 0 aromatic carbocycles. The highest BCUT2D eigenvalue weighted by Gasteiger charge is 2.01. The van der Waals surface area contributed by atoms with Gasteiger partial charge in [0.05, 0.1) is 0 Å². The van der Waals surface area contributed by atoms with Crippen molar-refractivity contribution in [2.24, 2.45) is 0 Å². The summed E-state index contributed by atoms with van der Waals surface area (Å²) < 4.78 is 0. The first-order valence-electron chi connectivity index (χ1n) is 4.16. The minimum atomic E-state index is 0.515. The van der Waals surface area contributed by atoms with Gasteiger partial charge in [0.15, 0.2) is 5.11 Å². The van der Waals surface area contributed by atoms with Crippen LogP contribution >= 0.6 is 23.8 Å². The Labute approximate surface area is 94.1 Å². The molecule has 0 saturated carbocycles. The molecule has 14 heavy (non-hydrogen) atoms. The number of rotatable bonds is 2. The lowest BCUT2D eigenvalue weighted by Gasteiger charge is -2.15. The minimum absolute atomic E-state index is 0.515. The van der Waals surface area contributed by atoms with Crippen molar-refractivity contribution in [1.82, 2.24) is 15.2 Å². The van der Waals surface area contributed by atoms with Gasteiger partial charge in [-0.25, -0.2) is 4.98 Å². The van der Waals surface area contributed by atoms with Crippen LogP contribution in [0, 0.1) is 0 Å². The third kappa shape index (κ3) is 3.12.